The SMILES string of the molecule is [B]C([B])([B])C1(C([B])([B])[B])c2cc(N(c3ccc(C)cc3)c3ccc(C)cc3)ccc2-c2cc3c(cc21)-c1ccc(N(c2ccc(C)cc2)c2ccc(C)cc2)cc1C3(C([B])([B])[B])C([B])([B])[B]. The van der Waals surface area contributed by atoms with E-state index >= 15 is 0 Å². The molecule has 0 aliphatic heterocycles. The normalized spacial score (nSPS) is 14.7. The van der Waals surface area contributed by atoms with Gasteiger partial charge >= 0.3 is 0 Å². The lowest BCUT2D eigenvalue weighted by molar-refractivity contribution is 0.527. The Morgan fingerprint density at radius 1 is 0.273 bits per heavy atom. The van der Waals surface area contributed by atoms with Crippen molar-refractivity contribution in [1.29, 1.82) is 0 Å². The van der Waals surface area contributed by atoms with Crippen LogP contribution in [0.2, 0.25) is 20.5 Å². The van der Waals surface area contributed by atoms with Crippen molar-refractivity contribution >= 4 is 128 Å². The molecule has 290 valence electrons. The van der Waals surface area contributed by atoms with Gasteiger partial charge in [-0.15, -0.1) is 20.5 Å². The highest BCUT2D eigenvalue weighted by molar-refractivity contribution is 6.67. The van der Waals surface area contributed by atoms with Gasteiger partial charge in [0.2, 0.25) is 0 Å². The quantitative estimate of drug-likeness (QED) is 0.128. The molecular weight excluding hydrogens is 782 g/mol. The van der Waals surface area contributed by atoms with E-state index in [0.717, 1.165) is 56.4 Å². The molecule has 0 amide bonds. The molecule has 7 aromatic carbocycles. The van der Waals surface area contributed by atoms with Gasteiger partial charge in [0, 0.05) is 34.1 Å². The molecule has 0 unspecified atom stereocenters. The van der Waals surface area contributed by atoms with E-state index in [0.29, 0.717) is 44.5 Å². The van der Waals surface area contributed by atoms with Crippen LogP contribution >= 0.6 is 0 Å². The van der Waals surface area contributed by atoms with E-state index in [1.807, 2.05) is 125 Å². The van der Waals surface area contributed by atoms with E-state index in [1.165, 1.54) is 0 Å². The van der Waals surface area contributed by atoms with Crippen LogP contribution in [-0.2, 0) is 10.8 Å². The summed E-state index contributed by atoms with van der Waals surface area (Å²) in [5, 5.41) is -8.67. The summed E-state index contributed by atoms with van der Waals surface area (Å²) in [6.07, 6.45) is 0. The van der Waals surface area contributed by atoms with Gasteiger partial charge in [-0.2, -0.15) is 0 Å². The third-order valence-corrected chi connectivity index (χ3v) is 13.6. The first kappa shape index (κ1) is 46.0. The maximum Gasteiger partial charge on any atom is 0.0522 e. The summed E-state index contributed by atoms with van der Waals surface area (Å²) < 4.78 is 0. The zero-order valence-corrected chi connectivity index (χ0v) is 37.7. The van der Waals surface area contributed by atoms with Gasteiger partial charge in [-0.05, 0) is 168 Å². The zero-order valence-electron chi connectivity index (χ0n) is 37.7. The minimum absolute atomic E-state index is 0.450. The molecule has 0 N–H and O–H groups in total. The molecule has 9 rings (SSSR count). The topological polar surface area (TPSA) is 6.48 Å². The van der Waals surface area contributed by atoms with Crippen molar-refractivity contribution in [2.24, 2.45) is 0 Å². The molecular formula is C52H36B12N2. The average Bonchev–Trinajstić information content (AvgIpc) is 3.70. The number of rotatable bonds is 10. The minimum Gasteiger partial charge on any atom is -0.310 e. The number of aryl methyl sites for hydroxylation is 4. The largest absolute Gasteiger partial charge is 0.310 e. The van der Waals surface area contributed by atoms with Crippen molar-refractivity contribution in [1.82, 2.24) is 0 Å². The van der Waals surface area contributed by atoms with Crippen molar-refractivity contribution in [3.05, 3.63) is 190 Å². The summed E-state index contributed by atoms with van der Waals surface area (Å²) in [4.78, 5) is 4.21. The van der Waals surface area contributed by atoms with Gasteiger partial charge in [0.25, 0.3) is 0 Å². The lowest BCUT2D eigenvalue weighted by Crippen LogP contribution is -2.52. The minimum atomic E-state index is -2.17. The van der Waals surface area contributed by atoms with E-state index in [2.05, 4.69) is 58.3 Å². The molecule has 14 heteroatoms. The maximum absolute atomic E-state index is 6.96. The lowest BCUT2D eigenvalue weighted by atomic mass is 9.17. The summed E-state index contributed by atoms with van der Waals surface area (Å²) in [5.74, 6) is 0. The monoisotopic (exact) mass is 820 g/mol. The highest BCUT2D eigenvalue weighted by Gasteiger charge is 2.59. The molecule has 0 saturated carbocycles. The van der Waals surface area contributed by atoms with Crippen molar-refractivity contribution in [2.75, 3.05) is 9.80 Å². The van der Waals surface area contributed by atoms with E-state index < -0.39 is 31.3 Å². The average molecular weight is 819 g/mol. The molecule has 66 heavy (non-hydrogen) atoms. The lowest BCUT2D eigenvalue weighted by Gasteiger charge is -2.57. The van der Waals surface area contributed by atoms with Crippen LogP contribution < -0.4 is 9.80 Å². The van der Waals surface area contributed by atoms with Gasteiger partial charge in [-0.1, -0.05) is 82.9 Å². The van der Waals surface area contributed by atoms with Crippen molar-refractivity contribution in [2.45, 2.75) is 59.0 Å². The Labute approximate surface area is 407 Å². The standard InChI is InChI=1S/C52H36B12N2/c1-29-5-13-33(14-6-29)65(34-15-7-30(2)8-16-34)37-21-23-39-41-27-46-42(28-45(41)47(43(39)25-37,49(53,54)55)50(56,57)58)40-24-22-38(26-44(40)48(46,51(59,60)61)52(62,63)64)66(35-17-9-31(3)10-18-35)36-19-11-32(4)12-20-36/h5-28H,1-4H3. The Balaban J connectivity index is 1.33. The molecule has 2 aliphatic carbocycles. The van der Waals surface area contributed by atoms with Crippen LogP contribution in [0.4, 0.5) is 34.1 Å². The van der Waals surface area contributed by atoms with E-state index in [1.54, 1.807) is 0 Å². The molecule has 24 radical (unpaired) electrons. The van der Waals surface area contributed by atoms with Crippen molar-refractivity contribution in [3.63, 3.8) is 0 Å². The van der Waals surface area contributed by atoms with Crippen LogP contribution in [0.25, 0.3) is 22.3 Å². The number of anilines is 6. The highest BCUT2D eigenvalue weighted by atomic mass is 15.1. The molecule has 0 spiro atoms. The molecule has 0 aromatic heterocycles. The van der Waals surface area contributed by atoms with Crippen LogP contribution in [-0.4, -0.2) is 94.2 Å². The fourth-order valence-corrected chi connectivity index (χ4v) is 10.7. The van der Waals surface area contributed by atoms with Gasteiger partial charge in [-0.25, -0.2) is 0 Å². The van der Waals surface area contributed by atoms with Gasteiger partial charge in [0.15, 0.2) is 0 Å². The first-order valence-electron chi connectivity index (χ1n) is 21.7. The van der Waals surface area contributed by atoms with Crippen LogP contribution in [0.15, 0.2) is 146 Å². The van der Waals surface area contributed by atoms with Crippen LogP contribution in [0.1, 0.15) is 44.5 Å². The molecule has 0 fully saturated rings. The number of benzene rings is 7. The second-order valence-corrected chi connectivity index (χ2v) is 18.6. The molecule has 7 aromatic rings. The Morgan fingerprint density at radius 3 is 0.712 bits per heavy atom. The Morgan fingerprint density at radius 2 is 0.485 bits per heavy atom. The van der Waals surface area contributed by atoms with Gasteiger partial charge in [0.1, 0.15) is 0 Å². The number of hydrogen-bond donors (Lipinski definition) is 0. The number of nitrogens with zero attached hydrogens (tertiary/aromatic N) is 2. The van der Waals surface area contributed by atoms with Crippen molar-refractivity contribution in [3.8, 4) is 22.3 Å². The Kier molecular flexibility index (Phi) is 11.0. The third kappa shape index (κ3) is 6.93. The first-order chi connectivity index (χ1) is 30.9. The fraction of sp³-hybridized carbons (Fsp3) is 0.192. The van der Waals surface area contributed by atoms with Crippen LogP contribution in [0, 0.1) is 27.7 Å². The summed E-state index contributed by atoms with van der Waals surface area (Å²) in [6.45, 7) is 8.15. The molecule has 2 aliphatic rings. The van der Waals surface area contributed by atoms with E-state index in [-0.39, 0.29) is 0 Å². The summed E-state index contributed by atoms with van der Waals surface area (Å²) in [6, 6.07) is 48.2. The number of hydrogen-bond acceptors (Lipinski definition) is 2. The summed E-state index contributed by atoms with van der Waals surface area (Å²) in [5.41, 5.74) is 10.0. The number of fused-ring (bicyclic) bond motifs is 6. The molecule has 0 bridgehead atoms. The molecule has 0 heterocycles. The smallest absolute Gasteiger partial charge is 0.0522 e. The molecule has 2 nitrogen and oxygen atoms in total. The maximum atomic E-state index is 6.96. The fourth-order valence-electron chi connectivity index (χ4n) is 10.7. The summed E-state index contributed by atoms with van der Waals surface area (Å²) in [7, 11) is 83.6. The Hall–Kier alpha value is -5.08. The van der Waals surface area contributed by atoms with Crippen LogP contribution in [0.3, 0.4) is 0 Å². The first-order valence-corrected chi connectivity index (χ1v) is 21.7. The van der Waals surface area contributed by atoms with Gasteiger partial charge in [0.05, 0.1) is 94.2 Å². The van der Waals surface area contributed by atoms with E-state index in [9.17, 15) is 0 Å². The van der Waals surface area contributed by atoms with E-state index in [4.69, 9.17) is 94.2 Å². The third-order valence-electron chi connectivity index (χ3n) is 13.6. The Bertz CT molecular complexity index is 2670. The highest BCUT2D eigenvalue weighted by Crippen LogP contribution is 2.70. The van der Waals surface area contributed by atoms with Crippen molar-refractivity contribution < 1.29 is 0 Å². The van der Waals surface area contributed by atoms with Gasteiger partial charge in [-0.3, -0.25) is 0 Å². The van der Waals surface area contributed by atoms with Crippen LogP contribution in [0.5, 0.6) is 0 Å². The predicted molar refractivity (Wildman–Crippen MR) is 287 cm³/mol. The second kappa shape index (κ2) is 15.8. The molecule has 0 saturated heterocycles. The molecule has 0 atom stereocenters. The summed E-state index contributed by atoms with van der Waals surface area (Å²) >= 11 is 0. The van der Waals surface area contributed by atoms with Gasteiger partial charge < -0.3 is 9.80 Å². The zero-order chi connectivity index (χ0) is 47.5. The predicted octanol–water partition coefficient (Wildman–Crippen LogP) is 8.71. The second-order valence-electron chi connectivity index (χ2n) is 18.6.